The summed E-state index contributed by atoms with van der Waals surface area (Å²) in [5.41, 5.74) is 1.35. The summed E-state index contributed by atoms with van der Waals surface area (Å²) in [7, 11) is -3.08. The van der Waals surface area contributed by atoms with Gasteiger partial charge in [-0.3, -0.25) is 9.59 Å². The number of likely N-dealkylation sites (tertiary alicyclic amines) is 1. The predicted octanol–water partition coefficient (Wildman–Crippen LogP) is 6.21. The average Bonchev–Trinajstić information content (AvgIpc) is 3.82. The highest BCUT2D eigenvalue weighted by Gasteiger charge is 2.54. The predicted molar refractivity (Wildman–Crippen MR) is 169 cm³/mol. The quantitative estimate of drug-likeness (QED) is 0.238. The number of carbonyl (C=O) groups excluding carboxylic acids is 1. The molecule has 0 aromatic heterocycles. The highest BCUT2D eigenvalue weighted by Crippen LogP contribution is 2.54. The molecule has 0 radical (unpaired) electrons. The van der Waals surface area contributed by atoms with Crippen molar-refractivity contribution >= 4 is 46.0 Å². The summed E-state index contributed by atoms with van der Waals surface area (Å²) in [5.74, 6) is -1.74. The van der Waals surface area contributed by atoms with E-state index in [0.717, 1.165) is 24.0 Å². The molecule has 44 heavy (non-hydrogen) atoms. The Morgan fingerprint density at radius 1 is 1.07 bits per heavy atom. The fourth-order valence-electron chi connectivity index (χ4n) is 6.56. The third-order valence-electron chi connectivity index (χ3n) is 8.77. The maximum absolute atomic E-state index is 14.7. The molecule has 1 aliphatic carbocycles. The van der Waals surface area contributed by atoms with E-state index in [1.165, 1.54) is 4.31 Å². The SMILES string of the molecule is CC1(CC(=O)O)CC(c2cccc(Cl)c2)C(c2ccc(Cl)cc2)N(C(CN(Cc2ccccc2C#N)[SH](=O)=O)C2CC2)C1=O. The lowest BCUT2D eigenvalue weighted by Gasteiger charge is -2.52. The van der Waals surface area contributed by atoms with Gasteiger partial charge < -0.3 is 10.0 Å². The highest BCUT2D eigenvalue weighted by atomic mass is 35.5. The third kappa shape index (κ3) is 6.94. The maximum Gasteiger partial charge on any atom is 0.304 e. The Kier molecular flexibility index (Phi) is 9.66. The standard InChI is InChI=1S/C33H33Cl2N3O5S/c1-33(17-30(39)40)16-28(23-7-4-8-27(35)15-23)31(22-11-13-26(34)14-12-22)38(32(33)41)29(21-9-10-21)20-37(44(42)43)19-25-6-3-2-5-24(25)18-36/h2-8,11-15,21,28-29,31,44H,9-10,16-17,19-20H2,1H3,(H,39,40). The normalized spacial score (nSPS) is 22.6. The molecule has 1 heterocycles. The van der Waals surface area contributed by atoms with E-state index in [4.69, 9.17) is 23.2 Å². The minimum atomic E-state index is -3.08. The van der Waals surface area contributed by atoms with Gasteiger partial charge in [0.15, 0.2) is 0 Å². The van der Waals surface area contributed by atoms with E-state index in [1.807, 2.05) is 30.3 Å². The molecule has 3 aromatic carbocycles. The van der Waals surface area contributed by atoms with Gasteiger partial charge in [-0.05, 0) is 72.2 Å². The minimum Gasteiger partial charge on any atom is -0.481 e. The van der Waals surface area contributed by atoms with Gasteiger partial charge in [0.05, 0.1) is 29.5 Å². The summed E-state index contributed by atoms with van der Waals surface area (Å²) in [6.45, 7) is 1.67. The van der Waals surface area contributed by atoms with Crippen LogP contribution in [0.25, 0.3) is 0 Å². The van der Waals surface area contributed by atoms with Crippen molar-refractivity contribution in [1.29, 1.82) is 5.26 Å². The number of nitriles is 1. The molecule has 2 fully saturated rings. The molecule has 1 saturated heterocycles. The smallest absolute Gasteiger partial charge is 0.304 e. The molecule has 8 nitrogen and oxygen atoms in total. The number of carboxylic acids is 1. The van der Waals surface area contributed by atoms with Crippen LogP contribution in [0.15, 0.2) is 72.8 Å². The topological polar surface area (TPSA) is 119 Å². The zero-order valence-electron chi connectivity index (χ0n) is 24.1. The van der Waals surface area contributed by atoms with E-state index in [9.17, 15) is 28.4 Å². The number of carbonyl (C=O) groups is 2. The summed E-state index contributed by atoms with van der Waals surface area (Å²) in [5, 5.41) is 20.6. The Labute approximate surface area is 268 Å². The van der Waals surface area contributed by atoms with E-state index >= 15 is 0 Å². The van der Waals surface area contributed by atoms with Crippen LogP contribution in [0.2, 0.25) is 10.0 Å². The van der Waals surface area contributed by atoms with Crippen molar-refractivity contribution in [1.82, 2.24) is 9.21 Å². The second kappa shape index (κ2) is 13.3. The molecule has 0 bridgehead atoms. The van der Waals surface area contributed by atoms with Crippen molar-refractivity contribution in [3.63, 3.8) is 0 Å². The second-order valence-electron chi connectivity index (χ2n) is 12.0. The van der Waals surface area contributed by atoms with Gasteiger partial charge in [-0.25, -0.2) is 8.42 Å². The summed E-state index contributed by atoms with van der Waals surface area (Å²) in [6, 6.07) is 22.5. The van der Waals surface area contributed by atoms with E-state index in [0.29, 0.717) is 21.2 Å². The van der Waals surface area contributed by atoms with Crippen molar-refractivity contribution in [2.75, 3.05) is 6.54 Å². The molecule has 11 heteroatoms. The van der Waals surface area contributed by atoms with Crippen LogP contribution in [0.3, 0.4) is 0 Å². The summed E-state index contributed by atoms with van der Waals surface area (Å²) in [4.78, 5) is 28.6. The molecule has 3 aromatic rings. The average molecular weight is 655 g/mol. The monoisotopic (exact) mass is 653 g/mol. The molecule has 0 spiro atoms. The lowest BCUT2D eigenvalue weighted by molar-refractivity contribution is -0.161. The van der Waals surface area contributed by atoms with Gasteiger partial charge in [0.2, 0.25) is 16.8 Å². The van der Waals surface area contributed by atoms with Gasteiger partial charge in [0.1, 0.15) is 0 Å². The Balaban J connectivity index is 1.65. The number of aliphatic carboxylic acids is 1. The number of benzene rings is 3. The van der Waals surface area contributed by atoms with Gasteiger partial charge in [0, 0.05) is 35.1 Å². The Bertz CT molecular complexity index is 1660. The second-order valence-corrected chi connectivity index (χ2v) is 13.9. The van der Waals surface area contributed by atoms with Crippen LogP contribution in [0.4, 0.5) is 0 Å². The molecular weight excluding hydrogens is 621 g/mol. The van der Waals surface area contributed by atoms with Crippen LogP contribution in [0, 0.1) is 22.7 Å². The largest absolute Gasteiger partial charge is 0.481 e. The molecule has 1 saturated carbocycles. The van der Waals surface area contributed by atoms with Crippen molar-refractivity contribution in [3.8, 4) is 6.07 Å². The Morgan fingerprint density at radius 3 is 2.39 bits per heavy atom. The fourth-order valence-corrected chi connectivity index (χ4v) is 7.45. The third-order valence-corrected chi connectivity index (χ3v) is 10.0. The molecular formula is C33H33Cl2N3O5S. The molecule has 230 valence electrons. The lowest BCUT2D eigenvalue weighted by Crippen LogP contribution is -2.58. The van der Waals surface area contributed by atoms with Gasteiger partial charge >= 0.3 is 5.97 Å². The molecule has 4 unspecified atom stereocenters. The lowest BCUT2D eigenvalue weighted by atomic mass is 9.67. The molecule has 5 rings (SSSR count). The number of halogens is 2. The zero-order valence-corrected chi connectivity index (χ0v) is 26.5. The number of nitrogens with zero attached hydrogens (tertiary/aromatic N) is 3. The number of thiol groups is 1. The number of rotatable bonds is 11. The van der Waals surface area contributed by atoms with E-state index in [1.54, 1.807) is 54.3 Å². The van der Waals surface area contributed by atoms with Gasteiger partial charge in [-0.1, -0.05) is 72.6 Å². The number of hydrogen-bond donors (Lipinski definition) is 2. The van der Waals surface area contributed by atoms with E-state index in [2.05, 4.69) is 6.07 Å². The first-order valence-corrected chi connectivity index (χ1v) is 16.3. The molecule has 1 aliphatic heterocycles. The fraction of sp³-hybridized carbons (Fsp3) is 0.364. The number of hydrogen-bond acceptors (Lipinski definition) is 5. The van der Waals surface area contributed by atoms with E-state index < -0.39 is 34.4 Å². The van der Waals surface area contributed by atoms with Crippen LogP contribution in [0.5, 0.6) is 0 Å². The Morgan fingerprint density at radius 2 is 1.77 bits per heavy atom. The van der Waals surface area contributed by atoms with Gasteiger partial charge in [0.25, 0.3) is 0 Å². The van der Waals surface area contributed by atoms with Crippen LogP contribution < -0.4 is 0 Å². The van der Waals surface area contributed by atoms with Crippen molar-refractivity contribution in [3.05, 3.63) is 105 Å². The first kappa shape index (κ1) is 32.0. The van der Waals surface area contributed by atoms with Crippen LogP contribution >= 0.6 is 23.2 Å². The summed E-state index contributed by atoms with van der Waals surface area (Å²) >= 11 is 12.7. The molecule has 1 amide bonds. The first-order chi connectivity index (χ1) is 21.0. The zero-order chi connectivity index (χ0) is 31.6. The van der Waals surface area contributed by atoms with Crippen molar-refractivity contribution in [2.24, 2.45) is 11.3 Å². The van der Waals surface area contributed by atoms with E-state index in [-0.39, 0.29) is 43.7 Å². The van der Waals surface area contributed by atoms with Crippen molar-refractivity contribution in [2.45, 2.75) is 57.2 Å². The Hall–Kier alpha value is -3.42. The number of carboxylic acid groups (broad SMARTS) is 1. The van der Waals surface area contributed by atoms with Crippen LogP contribution in [0.1, 0.15) is 66.8 Å². The summed E-state index contributed by atoms with van der Waals surface area (Å²) < 4.78 is 26.7. The molecule has 4 atom stereocenters. The number of piperidine rings is 1. The highest BCUT2D eigenvalue weighted by molar-refractivity contribution is 7.69. The maximum atomic E-state index is 14.7. The van der Waals surface area contributed by atoms with Gasteiger partial charge in [-0.15, -0.1) is 0 Å². The van der Waals surface area contributed by atoms with Crippen molar-refractivity contribution < 1.29 is 23.1 Å². The van der Waals surface area contributed by atoms with Crippen LogP contribution in [-0.4, -0.2) is 47.2 Å². The molecule has 2 aliphatic rings. The minimum absolute atomic E-state index is 0.00435. The summed E-state index contributed by atoms with van der Waals surface area (Å²) in [6.07, 6.45) is 1.49. The van der Waals surface area contributed by atoms with Gasteiger partial charge in [-0.2, -0.15) is 9.57 Å². The first-order valence-electron chi connectivity index (χ1n) is 14.4. The number of amides is 1. The van der Waals surface area contributed by atoms with Crippen LogP contribution in [-0.2, 0) is 27.0 Å². The molecule has 1 N–H and O–H groups in total.